The fourth-order valence-corrected chi connectivity index (χ4v) is 1.51. The lowest BCUT2D eigenvalue weighted by Gasteiger charge is -2.19. The van der Waals surface area contributed by atoms with Gasteiger partial charge < -0.3 is 14.5 Å². The standard InChI is InChI=1S/C10H20N2O2/c1-3-9-14-10(13)12-6-4-5-11(2)7-8-12/h3-9H2,1-2H3. The van der Waals surface area contributed by atoms with Crippen molar-refractivity contribution in [3.8, 4) is 0 Å². The van der Waals surface area contributed by atoms with Crippen LogP contribution in [0.2, 0.25) is 0 Å². The van der Waals surface area contributed by atoms with Gasteiger partial charge in [0.25, 0.3) is 0 Å². The predicted octanol–water partition coefficient (Wildman–Crippen LogP) is 1.17. The highest BCUT2D eigenvalue weighted by atomic mass is 16.6. The van der Waals surface area contributed by atoms with Gasteiger partial charge in [-0.05, 0) is 26.4 Å². The minimum Gasteiger partial charge on any atom is -0.449 e. The van der Waals surface area contributed by atoms with Gasteiger partial charge in [0.15, 0.2) is 0 Å². The van der Waals surface area contributed by atoms with E-state index in [1.54, 1.807) is 4.90 Å². The van der Waals surface area contributed by atoms with Gasteiger partial charge in [-0.2, -0.15) is 0 Å². The van der Waals surface area contributed by atoms with Crippen LogP contribution in [-0.4, -0.2) is 55.7 Å². The Morgan fingerprint density at radius 3 is 2.79 bits per heavy atom. The SMILES string of the molecule is CCCOC(=O)N1CCCN(C)CC1. The number of carbonyl (C=O) groups excluding carboxylic acids is 1. The van der Waals surface area contributed by atoms with E-state index in [-0.39, 0.29) is 6.09 Å². The summed E-state index contributed by atoms with van der Waals surface area (Å²) in [6, 6.07) is 0. The quantitative estimate of drug-likeness (QED) is 0.671. The molecule has 1 aliphatic heterocycles. The summed E-state index contributed by atoms with van der Waals surface area (Å²) >= 11 is 0. The molecule has 1 aliphatic rings. The van der Waals surface area contributed by atoms with E-state index in [2.05, 4.69) is 11.9 Å². The number of likely N-dealkylation sites (N-methyl/N-ethyl adjacent to an activating group) is 1. The second-order valence-corrected chi connectivity index (χ2v) is 3.76. The Hall–Kier alpha value is -0.770. The summed E-state index contributed by atoms with van der Waals surface area (Å²) < 4.78 is 5.09. The Bertz CT molecular complexity index is 185. The van der Waals surface area contributed by atoms with Crippen LogP contribution in [0, 0.1) is 0 Å². The van der Waals surface area contributed by atoms with Crippen molar-refractivity contribution >= 4 is 6.09 Å². The maximum atomic E-state index is 11.5. The molecular formula is C10H20N2O2. The highest BCUT2D eigenvalue weighted by Gasteiger charge is 2.17. The van der Waals surface area contributed by atoms with Crippen molar-refractivity contribution in [2.24, 2.45) is 0 Å². The molecule has 0 unspecified atom stereocenters. The Morgan fingerprint density at radius 1 is 1.29 bits per heavy atom. The third kappa shape index (κ3) is 3.54. The molecule has 0 aliphatic carbocycles. The molecule has 0 N–H and O–H groups in total. The first-order chi connectivity index (χ1) is 6.74. The average Bonchev–Trinajstić information content (AvgIpc) is 2.39. The Morgan fingerprint density at radius 2 is 2.07 bits per heavy atom. The molecule has 1 heterocycles. The smallest absolute Gasteiger partial charge is 0.409 e. The lowest BCUT2D eigenvalue weighted by Crippen LogP contribution is -2.35. The van der Waals surface area contributed by atoms with E-state index in [4.69, 9.17) is 4.74 Å². The van der Waals surface area contributed by atoms with Gasteiger partial charge in [0.05, 0.1) is 6.61 Å². The average molecular weight is 200 g/mol. The molecular weight excluding hydrogens is 180 g/mol. The number of ether oxygens (including phenoxy) is 1. The molecule has 1 amide bonds. The molecule has 82 valence electrons. The minimum atomic E-state index is -0.151. The van der Waals surface area contributed by atoms with Crippen molar-refractivity contribution in [3.63, 3.8) is 0 Å². The van der Waals surface area contributed by atoms with E-state index >= 15 is 0 Å². The molecule has 0 radical (unpaired) electrons. The summed E-state index contributed by atoms with van der Waals surface area (Å²) in [4.78, 5) is 15.5. The van der Waals surface area contributed by atoms with Gasteiger partial charge in [-0.25, -0.2) is 4.79 Å². The second kappa shape index (κ2) is 5.86. The summed E-state index contributed by atoms with van der Waals surface area (Å²) in [6.45, 7) is 6.17. The highest BCUT2D eigenvalue weighted by Crippen LogP contribution is 2.03. The Kier molecular flexibility index (Phi) is 4.73. The van der Waals surface area contributed by atoms with Crippen LogP contribution in [0.3, 0.4) is 0 Å². The van der Waals surface area contributed by atoms with E-state index in [9.17, 15) is 4.79 Å². The first kappa shape index (κ1) is 11.3. The minimum absolute atomic E-state index is 0.151. The van der Waals surface area contributed by atoms with E-state index in [1.807, 2.05) is 6.92 Å². The summed E-state index contributed by atoms with van der Waals surface area (Å²) in [5.74, 6) is 0. The zero-order chi connectivity index (χ0) is 10.4. The van der Waals surface area contributed by atoms with Gasteiger partial charge in [0.2, 0.25) is 0 Å². The summed E-state index contributed by atoms with van der Waals surface area (Å²) in [7, 11) is 2.08. The fourth-order valence-electron chi connectivity index (χ4n) is 1.51. The molecule has 4 heteroatoms. The highest BCUT2D eigenvalue weighted by molar-refractivity contribution is 5.67. The van der Waals surface area contributed by atoms with E-state index in [0.29, 0.717) is 6.61 Å². The van der Waals surface area contributed by atoms with Crippen LogP contribution in [0.4, 0.5) is 4.79 Å². The summed E-state index contributed by atoms with van der Waals surface area (Å²) in [6.07, 6.45) is 1.78. The zero-order valence-corrected chi connectivity index (χ0v) is 9.16. The molecule has 0 atom stereocenters. The van der Waals surface area contributed by atoms with Gasteiger partial charge in [-0.15, -0.1) is 0 Å². The van der Waals surface area contributed by atoms with Crippen LogP contribution in [-0.2, 0) is 4.74 Å². The Labute approximate surface area is 85.8 Å². The van der Waals surface area contributed by atoms with Crippen molar-refractivity contribution in [3.05, 3.63) is 0 Å². The molecule has 0 aromatic carbocycles. The van der Waals surface area contributed by atoms with Crippen molar-refractivity contribution < 1.29 is 9.53 Å². The maximum absolute atomic E-state index is 11.5. The molecule has 4 nitrogen and oxygen atoms in total. The van der Waals surface area contributed by atoms with Gasteiger partial charge >= 0.3 is 6.09 Å². The van der Waals surface area contributed by atoms with Crippen LogP contribution in [0.25, 0.3) is 0 Å². The molecule has 1 saturated heterocycles. The third-order valence-corrected chi connectivity index (χ3v) is 2.41. The number of amides is 1. The summed E-state index contributed by atoms with van der Waals surface area (Å²) in [5, 5.41) is 0. The monoisotopic (exact) mass is 200 g/mol. The first-order valence-corrected chi connectivity index (χ1v) is 5.34. The third-order valence-electron chi connectivity index (χ3n) is 2.41. The lowest BCUT2D eigenvalue weighted by molar-refractivity contribution is 0.104. The predicted molar refractivity (Wildman–Crippen MR) is 55.3 cm³/mol. The topological polar surface area (TPSA) is 32.8 Å². The zero-order valence-electron chi connectivity index (χ0n) is 9.16. The normalized spacial score (nSPS) is 19.1. The van der Waals surface area contributed by atoms with Crippen LogP contribution >= 0.6 is 0 Å². The van der Waals surface area contributed by atoms with E-state index in [1.165, 1.54) is 0 Å². The number of hydrogen-bond donors (Lipinski definition) is 0. The van der Waals surface area contributed by atoms with E-state index < -0.39 is 0 Å². The maximum Gasteiger partial charge on any atom is 0.409 e. The number of hydrogen-bond acceptors (Lipinski definition) is 3. The summed E-state index contributed by atoms with van der Waals surface area (Å²) in [5.41, 5.74) is 0. The van der Waals surface area contributed by atoms with Gasteiger partial charge in [0.1, 0.15) is 0 Å². The Balaban J connectivity index is 2.31. The lowest BCUT2D eigenvalue weighted by atomic mass is 10.4. The van der Waals surface area contributed by atoms with E-state index in [0.717, 1.165) is 39.0 Å². The van der Waals surface area contributed by atoms with Gasteiger partial charge in [-0.1, -0.05) is 6.92 Å². The number of nitrogens with zero attached hydrogens (tertiary/aromatic N) is 2. The molecule has 0 spiro atoms. The largest absolute Gasteiger partial charge is 0.449 e. The second-order valence-electron chi connectivity index (χ2n) is 3.76. The van der Waals surface area contributed by atoms with Gasteiger partial charge in [0, 0.05) is 19.6 Å². The number of rotatable bonds is 2. The number of carbonyl (C=O) groups is 1. The molecule has 0 saturated carbocycles. The molecule has 1 rings (SSSR count). The first-order valence-electron chi connectivity index (χ1n) is 5.34. The van der Waals surface area contributed by atoms with Crippen molar-refractivity contribution in [1.29, 1.82) is 0 Å². The van der Waals surface area contributed by atoms with Crippen LogP contribution in [0.1, 0.15) is 19.8 Å². The molecule has 0 bridgehead atoms. The van der Waals surface area contributed by atoms with Crippen molar-refractivity contribution in [2.45, 2.75) is 19.8 Å². The van der Waals surface area contributed by atoms with Gasteiger partial charge in [-0.3, -0.25) is 0 Å². The van der Waals surface area contributed by atoms with Crippen LogP contribution in [0.5, 0.6) is 0 Å². The van der Waals surface area contributed by atoms with Crippen LogP contribution < -0.4 is 0 Å². The van der Waals surface area contributed by atoms with Crippen LogP contribution in [0.15, 0.2) is 0 Å². The van der Waals surface area contributed by atoms with Crippen molar-refractivity contribution in [2.75, 3.05) is 39.8 Å². The molecule has 1 fully saturated rings. The molecule has 14 heavy (non-hydrogen) atoms. The molecule has 0 aromatic heterocycles. The fraction of sp³-hybridized carbons (Fsp3) is 0.900. The van der Waals surface area contributed by atoms with Crippen molar-refractivity contribution in [1.82, 2.24) is 9.80 Å². The molecule has 0 aromatic rings.